The topological polar surface area (TPSA) is 75.5 Å². The lowest BCUT2D eigenvalue weighted by Crippen LogP contribution is -2.42. The summed E-state index contributed by atoms with van der Waals surface area (Å²) in [6.07, 6.45) is 0.977. The third-order valence-corrected chi connectivity index (χ3v) is 4.38. The molecule has 2 aromatic rings. The number of rotatable bonds is 5. The van der Waals surface area contributed by atoms with Crippen molar-refractivity contribution in [3.8, 4) is 0 Å². The molecule has 0 unspecified atom stereocenters. The summed E-state index contributed by atoms with van der Waals surface area (Å²) < 4.78 is 0. The molecule has 3 rings (SSSR count). The van der Waals surface area contributed by atoms with Gasteiger partial charge in [0.1, 0.15) is 5.69 Å². The summed E-state index contributed by atoms with van der Waals surface area (Å²) in [6.45, 7) is 1.78. The Hall–Kier alpha value is -2.60. The largest absolute Gasteiger partial charge is 0.375 e. The van der Waals surface area contributed by atoms with Crippen molar-refractivity contribution in [1.82, 2.24) is 4.90 Å². The Labute approximate surface area is 144 Å². The van der Waals surface area contributed by atoms with Crippen molar-refractivity contribution in [1.29, 1.82) is 0 Å². The van der Waals surface area contributed by atoms with Crippen LogP contribution in [0, 0.1) is 10.1 Å². The molecule has 0 aliphatic carbocycles. The van der Waals surface area contributed by atoms with Crippen LogP contribution >= 0.6 is 11.6 Å². The number of benzene rings is 2. The van der Waals surface area contributed by atoms with Crippen LogP contribution < -0.4 is 5.32 Å². The number of nitrogens with zero attached hydrogens (tertiary/aromatic N) is 2. The van der Waals surface area contributed by atoms with E-state index < -0.39 is 4.92 Å². The number of carbonyl (C=O) groups excluding carboxylic acids is 1. The van der Waals surface area contributed by atoms with Gasteiger partial charge in [-0.25, -0.2) is 0 Å². The number of halogens is 1. The lowest BCUT2D eigenvalue weighted by Gasteiger charge is -2.30. The summed E-state index contributed by atoms with van der Waals surface area (Å²) in [4.78, 5) is 24.7. The smallest absolute Gasteiger partial charge is 0.293 e. The first-order chi connectivity index (χ1) is 11.6. The number of nitro benzene ring substituents is 1. The van der Waals surface area contributed by atoms with Crippen LogP contribution in [-0.4, -0.2) is 28.8 Å². The molecule has 0 spiro atoms. The second kappa shape index (κ2) is 6.88. The van der Waals surface area contributed by atoms with Crippen LogP contribution in [0.1, 0.15) is 22.3 Å². The highest BCUT2D eigenvalue weighted by molar-refractivity contribution is 6.31. The second-order valence-corrected chi connectivity index (χ2v) is 5.99. The van der Waals surface area contributed by atoms with Gasteiger partial charge in [-0.05, 0) is 30.2 Å². The maximum Gasteiger partial charge on any atom is 0.293 e. The molecule has 1 amide bonds. The van der Waals surface area contributed by atoms with Crippen molar-refractivity contribution in [2.45, 2.75) is 13.0 Å². The predicted molar refractivity (Wildman–Crippen MR) is 92.4 cm³/mol. The number of nitro groups is 1. The number of likely N-dealkylation sites (tertiary alicyclic amines) is 1. The van der Waals surface area contributed by atoms with Crippen LogP contribution in [0.4, 0.5) is 11.4 Å². The highest BCUT2D eigenvalue weighted by Crippen LogP contribution is 2.28. The van der Waals surface area contributed by atoms with Gasteiger partial charge in [0, 0.05) is 36.3 Å². The first-order valence-electron chi connectivity index (χ1n) is 7.61. The van der Waals surface area contributed by atoms with Crippen molar-refractivity contribution in [2.75, 3.05) is 18.4 Å². The van der Waals surface area contributed by atoms with Crippen molar-refractivity contribution >= 4 is 28.9 Å². The number of amides is 1. The van der Waals surface area contributed by atoms with Gasteiger partial charge in [-0.15, -0.1) is 0 Å². The van der Waals surface area contributed by atoms with E-state index in [0.29, 0.717) is 35.9 Å². The molecule has 0 saturated carbocycles. The molecule has 0 aromatic heterocycles. The van der Waals surface area contributed by atoms with E-state index in [1.54, 1.807) is 23.1 Å². The lowest BCUT2D eigenvalue weighted by molar-refractivity contribution is -0.384. The molecule has 1 N–H and O–H groups in total. The Morgan fingerprint density at radius 1 is 1.25 bits per heavy atom. The Kier molecular flexibility index (Phi) is 4.66. The molecule has 124 valence electrons. The highest BCUT2D eigenvalue weighted by atomic mass is 35.5. The molecule has 24 heavy (non-hydrogen) atoms. The molecule has 0 radical (unpaired) electrons. The fourth-order valence-electron chi connectivity index (χ4n) is 2.50. The average molecular weight is 346 g/mol. The standard InChI is InChI=1S/C17H16ClN3O3/c18-14-5-2-1-4-13(14)11-19-15-7-6-12(10-16(15)21(23)24)17(22)20-8-3-9-20/h1-2,4-7,10,19H,3,8-9,11H2. The van der Waals surface area contributed by atoms with Gasteiger partial charge >= 0.3 is 0 Å². The first-order valence-corrected chi connectivity index (χ1v) is 7.99. The average Bonchev–Trinajstić information content (AvgIpc) is 2.52. The number of nitrogens with one attached hydrogen (secondary N) is 1. The maximum absolute atomic E-state index is 12.2. The molecule has 6 nitrogen and oxygen atoms in total. The van der Waals surface area contributed by atoms with Crippen LogP contribution in [0.15, 0.2) is 42.5 Å². The van der Waals surface area contributed by atoms with Crippen molar-refractivity contribution in [3.63, 3.8) is 0 Å². The number of hydrogen-bond acceptors (Lipinski definition) is 4. The zero-order chi connectivity index (χ0) is 17.1. The van der Waals surface area contributed by atoms with Crippen molar-refractivity contribution < 1.29 is 9.72 Å². The molecule has 1 aliphatic rings. The molecule has 1 heterocycles. The van der Waals surface area contributed by atoms with E-state index in [2.05, 4.69) is 5.32 Å². The van der Waals surface area contributed by atoms with E-state index in [9.17, 15) is 14.9 Å². The van der Waals surface area contributed by atoms with Gasteiger partial charge in [-0.3, -0.25) is 14.9 Å². The van der Waals surface area contributed by atoms with Gasteiger partial charge in [-0.1, -0.05) is 29.8 Å². The summed E-state index contributed by atoms with van der Waals surface area (Å²) in [5.41, 5.74) is 1.42. The SMILES string of the molecule is O=C(c1ccc(NCc2ccccc2Cl)c([N+](=O)[O-])c1)N1CCC1. The summed E-state index contributed by atoms with van der Waals surface area (Å²) >= 11 is 6.09. The number of hydrogen-bond donors (Lipinski definition) is 1. The van der Waals surface area contributed by atoms with Crippen LogP contribution in [0.5, 0.6) is 0 Å². The molecule has 0 bridgehead atoms. The Bertz CT molecular complexity index is 790. The van der Waals surface area contributed by atoms with Gasteiger partial charge in [-0.2, -0.15) is 0 Å². The fourth-order valence-corrected chi connectivity index (χ4v) is 2.70. The van der Waals surface area contributed by atoms with E-state index in [1.165, 1.54) is 6.07 Å². The molecular formula is C17H16ClN3O3. The zero-order valence-electron chi connectivity index (χ0n) is 12.9. The molecule has 1 aliphatic heterocycles. The molecule has 1 saturated heterocycles. The predicted octanol–water partition coefficient (Wildman–Crippen LogP) is 3.71. The van der Waals surface area contributed by atoms with Gasteiger partial charge in [0.15, 0.2) is 0 Å². The quantitative estimate of drug-likeness (QED) is 0.662. The van der Waals surface area contributed by atoms with Crippen LogP contribution in [0.25, 0.3) is 0 Å². The Morgan fingerprint density at radius 2 is 2.00 bits per heavy atom. The third-order valence-electron chi connectivity index (χ3n) is 4.01. The van der Waals surface area contributed by atoms with E-state index in [-0.39, 0.29) is 11.6 Å². The van der Waals surface area contributed by atoms with Crippen LogP contribution in [0.3, 0.4) is 0 Å². The molecule has 2 aromatic carbocycles. The van der Waals surface area contributed by atoms with Crippen molar-refractivity contribution in [2.24, 2.45) is 0 Å². The number of carbonyl (C=O) groups is 1. The summed E-state index contributed by atoms with van der Waals surface area (Å²) in [5.74, 6) is -0.165. The van der Waals surface area contributed by atoms with Gasteiger partial charge in [0.2, 0.25) is 0 Å². The molecular weight excluding hydrogens is 330 g/mol. The normalized spacial score (nSPS) is 13.3. The van der Waals surface area contributed by atoms with E-state index in [4.69, 9.17) is 11.6 Å². The fraction of sp³-hybridized carbons (Fsp3) is 0.235. The summed E-state index contributed by atoms with van der Waals surface area (Å²) in [6, 6.07) is 11.8. The monoisotopic (exact) mass is 345 g/mol. The molecule has 1 fully saturated rings. The minimum Gasteiger partial charge on any atom is -0.375 e. The van der Waals surface area contributed by atoms with Crippen LogP contribution in [-0.2, 0) is 6.54 Å². The Morgan fingerprint density at radius 3 is 2.62 bits per heavy atom. The minimum atomic E-state index is -0.484. The van der Waals surface area contributed by atoms with Gasteiger partial charge < -0.3 is 10.2 Å². The number of anilines is 1. The van der Waals surface area contributed by atoms with E-state index >= 15 is 0 Å². The first kappa shape index (κ1) is 16.3. The van der Waals surface area contributed by atoms with Crippen molar-refractivity contribution in [3.05, 3.63) is 68.7 Å². The second-order valence-electron chi connectivity index (χ2n) is 5.58. The van der Waals surface area contributed by atoms with E-state index in [1.807, 2.05) is 18.2 Å². The minimum absolute atomic E-state index is 0.117. The van der Waals surface area contributed by atoms with E-state index in [0.717, 1.165) is 12.0 Å². The lowest BCUT2D eigenvalue weighted by atomic mass is 10.1. The molecule has 7 heteroatoms. The van der Waals surface area contributed by atoms with Gasteiger partial charge in [0.25, 0.3) is 11.6 Å². The molecule has 0 atom stereocenters. The summed E-state index contributed by atoms with van der Waals surface area (Å²) in [7, 11) is 0. The maximum atomic E-state index is 12.2. The summed E-state index contributed by atoms with van der Waals surface area (Å²) in [5, 5.41) is 15.0. The zero-order valence-corrected chi connectivity index (χ0v) is 13.6. The highest BCUT2D eigenvalue weighted by Gasteiger charge is 2.24. The van der Waals surface area contributed by atoms with Crippen LogP contribution in [0.2, 0.25) is 5.02 Å². The third kappa shape index (κ3) is 3.33. The Balaban J connectivity index is 1.81. The van der Waals surface area contributed by atoms with Gasteiger partial charge in [0.05, 0.1) is 4.92 Å².